The van der Waals surface area contributed by atoms with E-state index >= 15 is 0 Å². The summed E-state index contributed by atoms with van der Waals surface area (Å²) in [5, 5.41) is 10.0. The van der Waals surface area contributed by atoms with Crippen molar-refractivity contribution < 1.29 is 4.79 Å². The first-order valence-electron chi connectivity index (χ1n) is 6.48. The zero-order chi connectivity index (χ0) is 14.5. The van der Waals surface area contributed by atoms with Crippen LogP contribution in [0.1, 0.15) is 29.5 Å². The summed E-state index contributed by atoms with van der Waals surface area (Å²) < 4.78 is 1.61. The molecule has 2 heterocycles. The van der Waals surface area contributed by atoms with Crippen LogP contribution in [-0.4, -0.2) is 32.2 Å². The van der Waals surface area contributed by atoms with Crippen LogP contribution in [0.2, 0.25) is 0 Å². The van der Waals surface area contributed by atoms with Crippen molar-refractivity contribution in [2.24, 2.45) is 7.05 Å². The van der Waals surface area contributed by atoms with Gasteiger partial charge >= 0.3 is 0 Å². The maximum atomic E-state index is 12.0. The van der Waals surface area contributed by atoms with Gasteiger partial charge in [-0.3, -0.25) is 9.48 Å². The summed E-state index contributed by atoms with van der Waals surface area (Å²) >= 11 is 0. The molecule has 7 heteroatoms. The fourth-order valence-corrected chi connectivity index (χ4v) is 1.70. The summed E-state index contributed by atoms with van der Waals surface area (Å²) in [7, 11) is 1.77. The monoisotopic (exact) mass is 274 g/mol. The molecule has 0 aliphatic heterocycles. The van der Waals surface area contributed by atoms with Crippen molar-refractivity contribution in [3.63, 3.8) is 0 Å². The summed E-state index contributed by atoms with van der Waals surface area (Å²) in [5.74, 6) is 0.991. The van der Waals surface area contributed by atoms with E-state index in [9.17, 15) is 4.79 Å². The van der Waals surface area contributed by atoms with E-state index in [-0.39, 0.29) is 11.6 Å². The van der Waals surface area contributed by atoms with Gasteiger partial charge in [0.25, 0.3) is 5.91 Å². The van der Waals surface area contributed by atoms with Crippen molar-refractivity contribution >= 4 is 17.5 Å². The first-order valence-corrected chi connectivity index (χ1v) is 6.48. The third-order valence-electron chi connectivity index (χ3n) is 2.68. The van der Waals surface area contributed by atoms with Crippen molar-refractivity contribution in [2.75, 3.05) is 17.2 Å². The fourth-order valence-electron chi connectivity index (χ4n) is 1.70. The molecule has 2 rings (SSSR count). The molecule has 0 radical (unpaired) electrons. The summed E-state index contributed by atoms with van der Waals surface area (Å²) in [5.41, 5.74) is 1.11. The van der Waals surface area contributed by atoms with Gasteiger partial charge in [-0.1, -0.05) is 6.92 Å². The van der Waals surface area contributed by atoms with Crippen LogP contribution in [0.15, 0.2) is 18.5 Å². The molecule has 0 aliphatic rings. The Morgan fingerprint density at radius 3 is 2.70 bits per heavy atom. The highest BCUT2D eigenvalue weighted by molar-refractivity contribution is 6.02. The van der Waals surface area contributed by atoms with E-state index < -0.39 is 0 Å². The number of carbonyl (C=O) groups is 1. The highest BCUT2D eigenvalue weighted by atomic mass is 16.2. The van der Waals surface area contributed by atoms with Crippen molar-refractivity contribution in [3.05, 3.63) is 29.8 Å². The van der Waals surface area contributed by atoms with Gasteiger partial charge in [-0.05, 0) is 13.3 Å². The molecule has 0 spiro atoms. The van der Waals surface area contributed by atoms with Crippen molar-refractivity contribution in [2.45, 2.75) is 20.3 Å². The van der Waals surface area contributed by atoms with Crippen molar-refractivity contribution in [1.82, 2.24) is 19.7 Å². The van der Waals surface area contributed by atoms with E-state index in [0.29, 0.717) is 11.6 Å². The van der Waals surface area contributed by atoms with E-state index in [0.717, 1.165) is 18.7 Å². The quantitative estimate of drug-likeness (QED) is 0.865. The van der Waals surface area contributed by atoms with Crippen molar-refractivity contribution in [1.29, 1.82) is 0 Å². The number of aromatic nitrogens is 4. The first-order chi connectivity index (χ1) is 9.60. The molecular weight excluding hydrogens is 256 g/mol. The largest absolute Gasteiger partial charge is 0.369 e. The maximum Gasteiger partial charge on any atom is 0.277 e. The number of rotatable bonds is 5. The number of amides is 1. The van der Waals surface area contributed by atoms with E-state index in [1.807, 2.05) is 6.92 Å². The number of hydrogen-bond donors (Lipinski definition) is 2. The zero-order valence-corrected chi connectivity index (χ0v) is 11.8. The van der Waals surface area contributed by atoms with Gasteiger partial charge in [-0.2, -0.15) is 5.10 Å². The van der Waals surface area contributed by atoms with Crippen LogP contribution in [0.3, 0.4) is 0 Å². The molecule has 20 heavy (non-hydrogen) atoms. The molecule has 0 aromatic carbocycles. The van der Waals surface area contributed by atoms with Gasteiger partial charge in [0.1, 0.15) is 17.3 Å². The van der Waals surface area contributed by atoms with Crippen LogP contribution >= 0.6 is 0 Å². The number of nitrogens with one attached hydrogen (secondary N) is 2. The Balaban J connectivity index is 2.04. The topological polar surface area (TPSA) is 84.7 Å². The SMILES string of the molecule is CCCNc1cnc(C(=O)Nc2cc(C)nn2C)cn1. The predicted molar refractivity (Wildman–Crippen MR) is 76.7 cm³/mol. The van der Waals surface area contributed by atoms with Crippen LogP contribution in [0.5, 0.6) is 0 Å². The lowest BCUT2D eigenvalue weighted by Gasteiger charge is -2.06. The highest BCUT2D eigenvalue weighted by Gasteiger charge is 2.11. The molecule has 0 saturated heterocycles. The van der Waals surface area contributed by atoms with Crippen LogP contribution in [0.4, 0.5) is 11.6 Å². The second-order valence-corrected chi connectivity index (χ2v) is 4.46. The molecule has 106 valence electrons. The van der Waals surface area contributed by atoms with E-state index in [4.69, 9.17) is 0 Å². The summed E-state index contributed by atoms with van der Waals surface area (Å²) in [6.07, 6.45) is 4.01. The molecule has 0 bridgehead atoms. The molecular formula is C13H18N6O. The Kier molecular flexibility index (Phi) is 4.29. The second kappa shape index (κ2) is 6.14. The minimum absolute atomic E-state index is 0.269. The Morgan fingerprint density at radius 1 is 1.35 bits per heavy atom. The van der Waals surface area contributed by atoms with Gasteiger partial charge < -0.3 is 10.6 Å². The minimum atomic E-state index is -0.303. The number of aryl methyl sites for hydroxylation is 2. The van der Waals surface area contributed by atoms with Crippen LogP contribution in [-0.2, 0) is 7.05 Å². The Labute approximate surface area is 117 Å². The molecule has 2 aromatic heterocycles. The Morgan fingerprint density at radius 2 is 2.15 bits per heavy atom. The zero-order valence-electron chi connectivity index (χ0n) is 11.8. The summed E-state index contributed by atoms with van der Waals surface area (Å²) in [4.78, 5) is 20.3. The molecule has 0 fully saturated rings. The van der Waals surface area contributed by atoms with E-state index in [1.165, 1.54) is 6.20 Å². The lowest BCUT2D eigenvalue weighted by Crippen LogP contribution is -2.16. The second-order valence-electron chi connectivity index (χ2n) is 4.46. The van der Waals surface area contributed by atoms with Gasteiger partial charge in [0.2, 0.25) is 0 Å². The summed E-state index contributed by atoms with van der Waals surface area (Å²) in [6, 6.07) is 1.79. The van der Waals surface area contributed by atoms with Crippen LogP contribution in [0.25, 0.3) is 0 Å². The molecule has 7 nitrogen and oxygen atoms in total. The first kappa shape index (κ1) is 14.0. The van der Waals surface area contributed by atoms with Gasteiger partial charge in [0, 0.05) is 19.7 Å². The van der Waals surface area contributed by atoms with Gasteiger partial charge in [-0.15, -0.1) is 0 Å². The number of carbonyl (C=O) groups excluding carboxylic acids is 1. The van der Waals surface area contributed by atoms with Gasteiger partial charge in [0.15, 0.2) is 0 Å². The third-order valence-corrected chi connectivity index (χ3v) is 2.68. The highest BCUT2D eigenvalue weighted by Crippen LogP contribution is 2.09. The Hall–Kier alpha value is -2.44. The van der Waals surface area contributed by atoms with Gasteiger partial charge in [0.05, 0.1) is 18.1 Å². The van der Waals surface area contributed by atoms with Crippen LogP contribution in [0, 0.1) is 6.92 Å². The normalized spacial score (nSPS) is 10.3. The number of nitrogens with zero attached hydrogens (tertiary/aromatic N) is 4. The van der Waals surface area contributed by atoms with Crippen molar-refractivity contribution in [3.8, 4) is 0 Å². The average molecular weight is 274 g/mol. The molecule has 2 N–H and O–H groups in total. The maximum absolute atomic E-state index is 12.0. The molecule has 1 amide bonds. The molecule has 0 unspecified atom stereocenters. The lowest BCUT2D eigenvalue weighted by molar-refractivity contribution is 0.102. The fraction of sp³-hybridized carbons (Fsp3) is 0.385. The average Bonchev–Trinajstić information content (AvgIpc) is 2.75. The number of anilines is 2. The Bertz CT molecular complexity index is 589. The van der Waals surface area contributed by atoms with E-state index in [2.05, 4.69) is 32.6 Å². The minimum Gasteiger partial charge on any atom is -0.369 e. The molecule has 2 aromatic rings. The molecule has 0 atom stereocenters. The smallest absolute Gasteiger partial charge is 0.277 e. The predicted octanol–water partition coefficient (Wildman–Crippen LogP) is 1.59. The van der Waals surface area contributed by atoms with Gasteiger partial charge in [-0.25, -0.2) is 9.97 Å². The summed E-state index contributed by atoms with van der Waals surface area (Å²) in [6.45, 7) is 4.76. The van der Waals surface area contributed by atoms with E-state index in [1.54, 1.807) is 24.0 Å². The molecule has 0 saturated carbocycles. The van der Waals surface area contributed by atoms with Crippen LogP contribution < -0.4 is 10.6 Å². The number of hydrogen-bond acceptors (Lipinski definition) is 5. The lowest BCUT2D eigenvalue weighted by atomic mass is 10.4. The standard InChI is InChI=1S/C13H18N6O/c1-4-5-14-11-8-15-10(7-16-11)13(20)17-12-6-9(2)18-19(12)3/h6-8H,4-5H2,1-3H3,(H,14,16)(H,17,20). The molecule has 0 aliphatic carbocycles. The third kappa shape index (κ3) is 3.31.